The monoisotopic (exact) mass is 471 g/mol. The van der Waals surface area contributed by atoms with Gasteiger partial charge in [0.2, 0.25) is 11.8 Å². The van der Waals surface area contributed by atoms with Crippen LogP contribution in [0, 0.1) is 0 Å². The number of thioether (sulfide) groups is 1. The standard InChI is InChI=1S/C23H26ClN5O2S/c1-4-29-20(13-21(30)25-19-11-7-17(24)8-12-19)27-28-23(29)32-14-22(31)26-18-9-5-16(6-10-18)15(2)3/h5-12,15H,4,13-14H2,1-3H3,(H,25,30)(H,26,31). The Bertz CT molecular complexity index is 1060. The number of nitrogens with zero attached hydrogens (tertiary/aromatic N) is 3. The van der Waals surface area contributed by atoms with Crippen LogP contribution >= 0.6 is 23.4 Å². The Hall–Kier alpha value is -2.84. The Morgan fingerprint density at radius 1 is 0.969 bits per heavy atom. The summed E-state index contributed by atoms with van der Waals surface area (Å²) >= 11 is 7.16. The van der Waals surface area contributed by atoms with Crippen LogP contribution in [0.4, 0.5) is 11.4 Å². The maximum Gasteiger partial charge on any atom is 0.234 e. The van der Waals surface area contributed by atoms with Gasteiger partial charge in [-0.25, -0.2) is 0 Å². The van der Waals surface area contributed by atoms with E-state index in [1.807, 2.05) is 35.8 Å². The summed E-state index contributed by atoms with van der Waals surface area (Å²) in [7, 11) is 0. The summed E-state index contributed by atoms with van der Waals surface area (Å²) in [6.45, 7) is 6.80. The van der Waals surface area contributed by atoms with Crippen molar-refractivity contribution < 1.29 is 9.59 Å². The number of nitrogens with one attached hydrogen (secondary N) is 2. The quantitative estimate of drug-likeness (QED) is 0.429. The van der Waals surface area contributed by atoms with Gasteiger partial charge in [0, 0.05) is 22.9 Å². The third kappa shape index (κ3) is 6.58. The van der Waals surface area contributed by atoms with E-state index in [9.17, 15) is 9.59 Å². The molecule has 0 unspecified atom stereocenters. The van der Waals surface area contributed by atoms with Crippen molar-refractivity contribution in [3.05, 3.63) is 64.9 Å². The molecule has 0 spiro atoms. The summed E-state index contributed by atoms with van der Waals surface area (Å²) in [5.74, 6) is 0.860. The predicted octanol–water partition coefficient (Wildman–Crippen LogP) is 4.99. The average Bonchev–Trinajstić information content (AvgIpc) is 3.15. The minimum absolute atomic E-state index is 0.0818. The van der Waals surface area contributed by atoms with E-state index in [4.69, 9.17) is 11.6 Å². The van der Waals surface area contributed by atoms with Crippen LogP contribution in [0.3, 0.4) is 0 Å². The van der Waals surface area contributed by atoms with Gasteiger partial charge in [0.05, 0.1) is 12.2 Å². The number of aromatic nitrogens is 3. The molecule has 0 saturated carbocycles. The first kappa shape index (κ1) is 23.8. The van der Waals surface area contributed by atoms with Crippen LogP contribution in [-0.2, 0) is 22.6 Å². The molecule has 3 rings (SSSR count). The molecule has 1 heterocycles. The lowest BCUT2D eigenvalue weighted by Crippen LogP contribution is -2.18. The van der Waals surface area contributed by atoms with Crippen LogP contribution in [0.5, 0.6) is 0 Å². The number of hydrogen-bond acceptors (Lipinski definition) is 5. The van der Waals surface area contributed by atoms with Crippen molar-refractivity contribution in [3.8, 4) is 0 Å². The molecule has 0 aliphatic heterocycles. The number of benzene rings is 2. The lowest BCUT2D eigenvalue weighted by Gasteiger charge is -2.09. The molecule has 9 heteroatoms. The third-order valence-electron chi connectivity index (χ3n) is 4.75. The lowest BCUT2D eigenvalue weighted by atomic mass is 10.0. The van der Waals surface area contributed by atoms with Crippen LogP contribution in [0.1, 0.15) is 38.1 Å². The summed E-state index contributed by atoms with van der Waals surface area (Å²) in [6.07, 6.45) is 0.0818. The van der Waals surface area contributed by atoms with Crippen molar-refractivity contribution >= 4 is 46.6 Å². The number of halogens is 1. The van der Waals surface area contributed by atoms with E-state index in [1.54, 1.807) is 24.3 Å². The normalized spacial score (nSPS) is 10.9. The zero-order chi connectivity index (χ0) is 23.1. The highest BCUT2D eigenvalue weighted by atomic mass is 35.5. The van der Waals surface area contributed by atoms with Gasteiger partial charge in [0.1, 0.15) is 5.82 Å². The Morgan fingerprint density at radius 3 is 2.16 bits per heavy atom. The molecule has 0 radical (unpaired) electrons. The fourth-order valence-electron chi connectivity index (χ4n) is 3.03. The minimum atomic E-state index is -0.200. The molecule has 0 atom stereocenters. The van der Waals surface area contributed by atoms with E-state index in [0.717, 1.165) is 5.69 Å². The molecule has 0 aliphatic carbocycles. The number of anilines is 2. The number of amides is 2. The molecule has 2 aromatic carbocycles. The zero-order valence-electron chi connectivity index (χ0n) is 18.3. The summed E-state index contributed by atoms with van der Waals surface area (Å²) < 4.78 is 1.84. The zero-order valence-corrected chi connectivity index (χ0v) is 19.8. The summed E-state index contributed by atoms with van der Waals surface area (Å²) in [6, 6.07) is 14.7. The van der Waals surface area contributed by atoms with E-state index < -0.39 is 0 Å². The molecule has 0 bridgehead atoms. The van der Waals surface area contributed by atoms with E-state index >= 15 is 0 Å². The first-order valence-electron chi connectivity index (χ1n) is 10.4. The van der Waals surface area contributed by atoms with Crippen molar-refractivity contribution in [3.63, 3.8) is 0 Å². The first-order valence-corrected chi connectivity index (χ1v) is 11.7. The highest BCUT2D eigenvalue weighted by Crippen LogP contribution is 2.20. The Labute approximate surface area is 197 Å². The predicted molar refractivity (Wildman–Crippen MR) is 129 cm³/mol. The average molecular weight is 472 g/mol. The van der Waals surface area contributed by atoms with Crippen molar-refractivity contribution in [2.45, 2.75) is 44.8 Å². The SMILES string of the molecule is CCn1c(CC(=O)Nc2ccc(Cl)cc2)nnc1SCC(=O)Nc1ccc(C(C)C)cc1. The maximum atomic E-state index is 12.4. The highest BCUT2D eigenvalue weighted by Gasteiger charge is 2.16. The molecule has 168 valence electrons. The topological polar surface area (TPSA) is 88.9 Å². The summed E-state index contributed by atoms with van der Waals surface area (Å²) in [4.78, 5) is 24.7. The molecule has 1 aromatic heterocycles. The van der Waals surface area contributed by atoms with Crippen molar-refractivity contribution in [1.82, 2.24) is 14.8 Å². The van der Waals surface area contributed by atoms with Crippen LogP contribution in [-0.4, -0.2) is 32.3 Å². The fraction of sp³-hybridized carbons (Fsp3) is 0.304. The van der Waals surface area contributed by atoms with Gasteiger partial charge in [-0.3, -0.25) is 9.59 Å². The number of carbonyl (C=O) groups excluding carboxylic acids is 2. The third-order valence-corrected chi connectivity index (χ3v) is 5.97. The van der Waals surface area contributed by atoms with Gasteiger partial charge in [0.15, 0.2) is 5.16 Å². The van der Waals surface area contributed by atoms with Crippen LogP contribution in [0.2, 0.25) is 5.02 Å². The lowest BCUT2D eigenvalue weighted by molar-refractivity contribution is -0.116. The first-order chi connectivity index (χ1) is 15.4. The van der Waals surface area contributed by atoms with Crippen molar-refractivity contribution in [2.75, 3.05) is 16.4 Å². The fourth-order valence-corrected chi connectivity index (χ4v) is 3.98. The van der Waals surface area contributed by atoms with Crippen LogP contribution in [0.25, 0.3) is 0 Å². The Kier molecular flexibility index (Phi) is 8.30. The molecule has 32 heavy (non-hydrogen) atoms. The molecule has 2 N–H and O–H groups in total. The highest BCUT2D eigenvalue weighted by molar-refractivity contribution is 7.99. The van der Waals surface area contributed by atoms with E-state index in [2.05, 4.69) is 34.7 Å². The van der Waals surface area contributed by atoms with Gasteiger partial charge in [0.25, 0.3) is 0 Å². The van der Waals surface area contributed by atoms with E-state index in [0.29, 0.717) is 34.2 Å². The molecular weight excluding hydrogens is 446 g/mol. The summed E-state index contributed by atoms with van der Waals surface area (Å²) in [5.41, 5.74) is 2.65. The number of carbonyl (C=O) groups is 2. The second-order valence-electron chi connectivity index (χ2n) is 7.49. The van der Waals surface area contributed by atoms with Gasteiger partial charge in [-0.15, -0.1) is 10.2 Å². The maximum absolute atomic E-state index is 12.4. The van der Waals surface area contributed by atoms with Gasteiger partial charge in [-0.05, 0) is 54.8 Å². The van der Waals surface area contributed by atoms with Gasteiger partial charge < -0.3 is 15.2 Å². The second-order valence-corrected chi connectivity index (χ2v) is 8.87. The number of rotatable bonds is 9. The molecule has 2 amide bonds. The minimum Gasteiger partial charge on any atom is -0.326 e. The second kappa shape index (κ2) is 11.2. The Balaban J connectivity index is 1.55. The van der Waals surface area contributed by atoms with Crippen molar-refractivity contribution in [2.24, 2.45) is 0 Å². The molecule has 7 nitrogen and oxygen atoms in total. The van der Waals surface area contributed by atoms with Crippen molar-refractivity contribution in [1.29, 1.82) is 0 Å². The molecule has 0 fully saturated rings. The molecule has 0 saturated heterocycles. The smallest absolute Gasteiger partial charge is 0.234 e. The molecule has 3 aromatic rings. The van der Waals surface area contributed by atoms with Gasteiger partial charge in [-0.2, -0.15) is 0 Å². The largest absolute Gasteiger partial charge is 0.326 e. The Morgan fingerprint density at radius 2 is 1.56 bits per heavy atom. The number of hydrogen-bond donors (Lipinski definition) is 2. The summed E-state index contributed by atoms with van der Waals surface area (Å²) in [5, 5.41) is 15.2. The van der Waals surface area contributed by atoms with Gasteiger partial charge in [-0.1, -0.05) is 49.3 Å². The van der Waals surface area contributed by atoms with Crippen LogP contribution < -0.4 is 10.6 Å². The van der Waals surface area contributed by atoms with Gasteiger partial charge >= 0.3 is 0 Å². The molecule has 0 aliphatic rings. The van der Waals surface area contributed by atoms with E-state index in [1.165, 1.54) is 17.3 Å². The molecular formula is C23H26ClN5O2S. The van der Waals surface area contributed by atoms with Crippen LogP contribution in [0.15, 0.2) is 53.7 Å². The van der Waals surface area contributed by atoms with E-state index in [-0.39, 0.29) is 24.0 Å².